The first-order valence-electron chi connectivity index (χ1n) is 5.96. The molecule has 0 aliphatic heterocycles. The van der Waals surface area contributed by atoms with E-state index in [2.05, 4.69) is 36.7 Å². The molecule has 0 atom stereocenters. The summed E-state index contributed by atoms with van der Waals surface area (Å²) in [5.41, 5.74) is 1.22. The predicted octanol–water partition coefficient (Wildman–Crippen LogP) is 3.32. The molecule has 0 bridgehead atoms. The molecule has 0 spiro atoms. The zero-order chi connectivity index (χ0) is 12.0. The highest BCUT2D eigenvalue weighted by Gasteiger charge is 2.26. The molecule has 0 amide bonds. The minimum Gasteiger partial charge on any atom is -0.229 e. The standard InChI is InChI=1S/C14H20N2/c1-5-9-14(4,10-6-2)12-8-11-15-13(7-3)16-12/h3,8,11H,5-6,9-10H2,1-2,4H3. The second kappa shape index (κ2) is 5.65. The van der Waals surface area contributed by atoms with Crippen molar-refractivity contribution in [2.75, 3.05) is 0 Å². The Labute approximate surface area is 98.5 Å². The molecule has 0 unspecified atom stereocenters. The summed E-state index contributed by atoms with van der Waals surface area (Å²) in [5, 5.41) is 0. The highest BCUT2D eigenvalue weighted by Crippen LogP contribution is 2.32. The Morgan fingerprint density at radius 1 is 1.31 bits per heavy atom. The molecule has 2 heteroatoms. The summed E-state index contributed by atoms with van der Waals surface area (Å²) in [6, 6.07) is 1.99. The molecule has 0 aliphatic carbocycles. The van der Waals surface area contributed by atoms with Crippen molar-refractivity contribution < 1.29 is 0 Å². The normalized spacial score (nSPS) is 11.1. The maximum atomic E-state index is 5.33. The largest absolute Gasteiger partial charge is 0.229 e. The molecular formula is C14H20N2. The van der Waals surface area contributed by atoms with E-state index < -0.39 is 0 Å². The summed E-state index contributed by atoms with van der Waals surface area (Å²) in [4.78, 5) is 8.50. The maximum Gasteiger partial charge on any atom is 0.204 e. The first-order valence-corrected chi connectivity index (χ1v) is 5.96. The fraction of sp³-hybridized carbons (Fsp3) is 0.571. The van der Waals surface area contributed by atoms with Gasteiger partial charge in [-0.3, -0.25) is 0 Å². The van der Waals surface area contributed by atoms with Crippen LogP contribution in [0.5, 0.6) is 0 Å². The number of hydrogen-bond acceptors (Lipinski definition) is 2. The van der Waals surface area contributed by atoms with Gasteiger partial charge in [-0.05, 0) is 24.8 Å². The van der Waals surface area contributed by atoms with Crippen molar-refractivity contribution in [3.05, 3.63) is 23.8 Å². The molecule has 16 heavy (non-hydrogen) atoms. The van der Waals surface area contributed by atoms with Gasteiger partial charge in [0.1, 0.15) is 0 Å². The zero-order valence-corrected chi connectivity index (χ0v) is 10.5. The SMILES string of the molecule is C#Cc1nccc(C(C)(CCC)CCC)n1. The van der Waals surface area contributed by atoms with Gasteiger partial charge in [0.25, 0.3) is 0 Å². The van der Waals surface area contributed by atoms with Crippen molar-refractivity contribution >= 4 is 0 Å². The fourth-order valence-electron chi connectivity index (χ4n) is 2.25. The van der Waals surface area contributed by atoms with Crippen LogP contribution in [-0.2, 0) is 5.41 Å². The summed E-state index contributed by atoms with van der Waals surface area (Å²) in [7, 11) is 0. The van der Waals surface area contributed by atoms with Gasteiger partial charge in [0.05, 0.1) is 5.69 Å². The summed E-state index contributed by atoms with van der Waals surface area (Å²) >= 11 is 0. The quantitative estimate of drug-likeness (QED) is 0.706. The molecule has 0 fully saturated rings. The van der Waals surface area contributed by atoms with Gasteiger partial charge in [0.2, 0.25) is 5.82 Å². The maximum absolute atomic E-state index is 5.33. The summed E-state index contributed by atoms with van der Waals surface area (Å²) in [6.07, 6.45) is 11.7. The van der Waals surface area contributed by atoms with Gasteiger partial charge in [0, 0.05) is 11.6 Å². The van der Waals surface area contributed by atoms with Crippen molar-refractivity contribution in [1.82, 2.24) is 9.97 Å². The van der Waals surface area contributed by atoms with Crippen LogP contribution >= 0.6 is 0 Å². The topological polar surface area (TPSA) is 25.8 Å². The lowest BCUT2D eigenvalue weighted by Crippen LogP contribution is -2.23. The van der Waals surface area contributed by atoms with Gasteiger partial charge >= 0.3 is 0 Å². The Hall–Kier alpha value is -1.36. The van der Waals surface area contributed by atoms with Crippen LogP contribution in [0.15, 0.2) is 12.3 Å². The lowest BCUT2D eigenvalue weighted by Gasteiger charge is -2.28. The minimum absolute atomic E-state index is 0.137. The average Bonchev–Trinajstić information content (AvgIpc) is 2.30. The van der Waals surface area contributed by atoms with Crippen LogP contribution in [-0.4, -0.2) is 9.97 Å². The molecule has 0 saturated heterocycles. The van der Waals surface area contributed by atoms with Crippen LogP contribution in [0.2, 0.25) is 0 Å². The Morgan fingerprint density at radius 2 is 1.94 bits per heavy atom. The van der Waals surface area contributed by atoms with Crippen molar-refractivity contribution in [1.29, 1.82) is 0 Å². The van der Waals surface area contributed by atoms with Crippen LogP contribution in [0.4, 0.5) is 0 Å². The monoisotopic (exact) mass is 216 g/mol. The summed E-state index contributed by atoms with van der Waals surface area (Å²) < 4.78 is 0. The van der Waals surface area contributed by atoms with E-state index in [4.69, 9.17) is 6.42 Å². The molecule has 0 saturated carbocycles. The summed E-state index contributed by atoms with van der Waals surface area (Å²) in [6.45, 7) is 6.68. The van der Waals surface area contributed by atoms with Crippen LogP contribution in [0.25, 0.3) is 0 Å². The minimum atomic E-state index is 0.137. The smallest absolute Gasteiger partial charge is 0.204 e. The van der Waals surface area contributed by atoms with E-state index in [0.717, 1.165) is 31.4 Å². The molecule has 86 valence electrons. The molecule has 1 aromatic heterocycles. The van der Waals surface area contributed by atoms with E-state index in [0.29, 0.717) is 5.82 Å². The highest BCUT2D eigenvalue weighted by molar-refractivity contribution is 5.21. The molecule has 0 aromatic carbocycles. The van der Waals surface area contributed by atoms with Crippen LogP contribution in [0.3, 0.4) is 0 Å². The van der Waals surface area contributed by atoms with Crippen LogP contribution < -0.4 is 0 Å². The van der Waals surface area contributed by atoms with E-state index >= 15 is 0 Å². The molecule has 1 heterocycles. The predicted molar refractivity (Wildman–Crippen MR) is 67.1 cm³/mol. The Bertz CT molecular complexity index is 371. The highest BCUT2D eigenvalue weighted by atomic mass is 14.9. The van der Waals surface area contributed by atoms with E-state index in [9.17, 15) is 0 Å². The molecular weight excluding hydrogens is 196 g/mol. The summed E-state index contributed by atoms with van der Waals surface area (Å²) in [5.74, 6) is 3.00. The first-order chi connectivity index (χ1) is 7.66. The van der Waals surface area contributed by atoms with Gasteiger partial charge in [-0.25, -0.2) is 9.97 Å². The van der Waals surface area contributed by atoms with Crippen LogP contribution in [0.1, 0.15) is 58.0 Å². The van der Waals surface area contributed by atoms with Crippen LogP contribution in [0, 0.1) is 12.3 Å². The Kier molecular flexibility index (Phi) is 4.49. The van der Waals surface area contributed by atoms with E-state index in [1.54, 1.807) is 6.20 Å². The zero-order valence-electron chi connectivity index (χ0n) is 10.5. The molecule has 2 nitrogen and oxygen atoms in total. The van der Waals surface area contributed by atoms with Crippen molar-refractivity contribution in [2.24, 2.45) is 0 Å². The molecule has 1 rings (SSSR count). The second-order valence-corrected chi connectivity index (χ2v) is 4.47. The van der Waals surface area contributed by atoms with Gasteiger partial charge in [-0.2, -0.15) is 0 Å². The third kappa shape index (κ3) is 2.82. The number of hydrogen-bond donors (Lipinski definition) is 0. The van der Waals surface area contributed by atoms with Crippen molar-refractivity contribution in [2.45, 2.75) is 51.9 Å². The van der Waals surface area contributed by atoms with Gasteiger partial charge in [0.15, 0.2) is 0 Å². The Morgan fingerprint density at radius 3 is 2.44 bits per heavy atom. The molecule has 0 radical (unpaired) electrons. The second-order valence-electron chi connectivity index (χ2n) is 4.47. The fourth-order valence-corrected chi connectivity index (χ4v) is 2.25. The molecule has 0 aliphatic rings. The van der Waals surface area contributed by atoms with Gasteiger partial charge in [-0.15, -0.1) is 6.42 Å². The van der Waals surface area contributed by atoms with Gasteiger partial charge in [-0.1, -0.05) is 33.6 Å². The third-order valence-corrected chi connectivity index (χ3v) is 3.01. The Balaban J connectivity index is 3.05. The lowest BCUT2D eigenvalue weighted by atomic mass is 9.78. The first kappa shape index (κ1) is 12.7. The lowest BCUT2D eigenvalue weighted by molar-refractivity contribution is 0.380. The molecule has 0 N–H and O–H groups in total. The van der Waals surface area contributed by atoms with E-state index in [1.807, 2.05) is 6.07 Å². The average molecular weight is 216 g/mol. The van der Waals surface area contributed by atoms with Crippen molar-refractivity contribution in [3.63, 3.8) is 0 Å². The molecule has 1 aromatic rings. The van der Waals surface area contributed by atoms with Gasteiger partial charge < -0.3 is 0 Å². The number of nitrogens with zero attached hydrogens (tertiary/aromatic N) is 2. The number of aromatic nitrogens is 2. The van der Waals surface area contributed by atoms with Crippen molar-refractivity contribution in [3.8, 4) is 12.3 Å². The third-order valence-electron chi connectivity index (χ3n) is 3.01. The van der Waals surface area contributed by atoms with E-state index in [-0.39, 0.29) is 5.41 Å². The number of terminal acetylenes is 1. The number of rotatable bonds is 5. The van der Waals surface area contributed by atoms with E-state index in [1.165, 1.54) is 0 Å².